The summed E-state index contributed by atoms with van der Waals surface area (Å²) in [6.07, 6.45) is 0. The largest absolute Gasteiger partial charge is 0.492 e. The maximum atomic E-state index is 12.4. The number of carbonyl (C=O) groups is 1. The highest BCUT2D eigenvalue weighted by Crippen LogP contribution is 2.26. The van der Waals surface area contributed by atoms with Gasteiger partial charge >= 0.3 is 6.03 Å². The maximum Gasteiger partial charge on any atom is 0.319 e. The number of amides is 2. The molecule has 7 nitrogen and oxygen atoms in total. The molecule has 0 aliphatic heterocycles. The second-order valence-corrected chi connectivity index (χ2v) is 5.78. The predicted octanol–water partition coefficient (Wildman–Crippen LogP) is 3.19. The third kappa shape index (κ3) is 4.10. The maximum absolute atomic E-state index is 12.4. The van der Waals surface area contributed by atoms with Gasteiger partial charge in [0.15, 0.2) is 0 Å². The van der Waals surface area contributed by atoms with Gasteiger partial charge in [0.05, 0.1) is 35.7 Å². The van der Waals surface area contributed by atoms with Gasteiger partial charge in [-0.1, -0.05) is 0 Å². The fraction of sp³-hybridized carbons (Fsp3) is 0.389. The molecule has 1 atom stereocenters. The average Bonchev–Trinajstić information content (AvgIpc) is 2.81. The number of anilines is 1. The van der Waals surface area contributed by atoms with Crippen molar-refractivity contribution in [2.24, 2.45) is 7.05 Å². The highest BCUT2D eigenvalue weighted by atomic mass is 16.5. The number of nitrogens with zero attached hydrogens (tertiary/aromatic N) is 3. The van der Waals surface area contributed by atoms with Crippen molar-refractivity contribution < 1.29 is 9.53 Å². The molecule has 1 unspecified atom stereocenters. The van der Waals surface area contributed by atoms with E-state index in [2.05, 4.69) is 21.8 Å². The van der Waals surface area contributed by atoms with Crippen LogP contribution in [0.1, 0.15) is 42.4 Å². The molecule has 1 aromatic carbocycles. The van der Waals surface area contributed by atoms with E-state index in [1.165, 1.54) is 0 Å². The van der Waals surface area contributed by atoms with Gasteiger partial charge in [0, 0.05) is 18.3 Å². The van der Waals surface area contributed by atoms with Gasteiger partial charge in [0.1, 0.15) is 5.75 Å². The van der Waals surface area contributed by atoms with Gasteiger partial charge in [0.2, 0.25) is 0 Å². The van der Waals surface area contributed by atoms with Crippen LogP contribution in [0.4, 0.5) is 10.5 Å². The number of hydrogen-bond acceptors (Lipinski definition) is 4. The molecule has 1 heterocycles. The number of nitriles is 1. The lowest BCUT2D eigenvalue weighted by Crippen LogP contribution is -2.31. The molecule has 2 amide bonds. The lowest BCUT2D eigenvalue weighted by molar-refractivity contribution is 0.249. The number of carbonyl (C=O) groups excluding carboxylic acids is 1. The molecule has 7 heteroatoms. The second-order valence-electron chi connectivity index (χ2n) is 5.78. The fourth-order valence-corrected chi connectivity index (χ4v) is 2.82. The lowest BCUT2D eigenvalue weighted by Gasteiger charge is -2.17. The highest BCUT2D eigenvalue weighted by Gasteiger charge is 2.18. The standard InChI is InChI=1S/C18H23N5O2/c1-6-25-16-8-7-14(10-19)9-15(16)21-18(24)20-11(2)17-12(3)22-23(5)13(17)4/h7-9,11H,6H2,1-5H3,(H2,20,21,24). The number of hydrogen-bond donors (Lipinski definition) is 2. The Hall–Kier alpha value is -3.01. The van der Waals surface area contributed by atoms with Gasteiger partial charge < -0.3 is 15.4 Å². The molecule has 2 aromatic rings. The molecule has 0 radical (unpaired) electrons. The lowest BCUT2D eigenvalue weighted by atomic mass is 10.1. The molecular formula is C18H23N5O2. The Morgan fingerprint density at radius 2 is 2.16 bits per heavy atom. The van der Waals surface area contributed by atoms with Crippen LogP contribution in [0.3, 0.4) is 0 Å². The van der Waals surface area contributed by atoms with Crippen LogP contribution in [0, 0.1) is 25.2 Å². The zero-order chi connectivity index (χ0) is 18.6. The number of benzene rings is 1. The van der Waals surface area contributed by atoms with Crippen molar-refractivity contribution in [1.82, 2.24) is 15.1 Å². The summed E-state index contributed by atoms with van der Waals surface area (Å²) in [4.78, 5) is 12.4. The zero-order valence-electron chi connectivity index (χ0n) is 15.2. The summed E-state index contributed by atoms with van der Waals surface area (Å²) in [5.41, 5.74) is 3.80. The van der Waals surface area contributed by atoms with Gasteiger partial charge in [-0.25, -0.2) is 4.79 Å². The highest BCUT2D eigenvalue weighted by molar-refractivity contribution is 5.91. The molecule has 0 aliphatic rings. The van der Waals surface area contributed by atoms with Crippen LogP contribution in [-0.4, -0.2) is 22.4 Å². The van der Waals surface area contributed by atoms with Crippen LogP contribution in [0.25, 0.3) is 0 Å². The smallest absolute Gasteiger partial charge is 0.319 e. The third-order valence-electron chi connectivity index (χ3n) is 4.00. The Kier molecular flexibility index (Phi) is 5.65. The number of rotatable bonds is 5. The number of urea groups is 1. The molecule has 2 rings (SSSR count). The van der Waals surface area contributed by atoms with Crippen molar-refractivity contribution in [1.29, 1.82) is 5.26 Å². The van der Waals surface area contributed by atoms with E-state index in [4.69, 9.17) is 10.00 Å². The Balaban J connectivity index is 2.16. The van der Waals surface area contributed by atoms with Crippen molar-refractivity contribution >= 4 is 11.7 Å². The summed E-state index contributed by atoms with van der Waals surface area (Å²) in [6.45, 7) is 8.12. The Morgan fingerprint density at radius 1 is 1.44 bits per heavy atom. The Labute approximate surface area is 147 Å². The first-order chi connectivity index (χ1) is 11.9. The van der Waals surface area contributed by atoms with Crippen molar-refractivity contribution in [2.75, 3.05) is 11.9 Å². The molecule has 0 saturated heterocycles. The minimum atomic E-state index is -0.369. The van der Waals surface area contributed by atoms with Gasteiger partial charge in [-0.3, -0.25) is 4.68 Å². The molecule has 0 saturated carbocycles. The molecule has 2 N–H and O–H groups in total. The number of aromatic nitrogens is 2. The summed E-state index contributed by atoms with van der Waals surface area (Å²) in [6, 6.07) is 6.40. The molecule has 1 aromatic heterocycles. The molecule has 0 bridgehead atoms. The minimum Gasteiger partial charge on any atom is -0.492 e. The normalized spacial score (nSPS) is 11.5. The first-order valence-electron chi connectivity index (χ1n) is 8.11. The van der Waals surface area contributed by atoms with E-state index in [0.717, 1.165) is 17.0 Å². The molecule has 0 spiro atoms. The zero-order valence-corrected chi connectivity index (χ0v) is 15.2. The predicted molar refractivity (Wildman–Crippen MR) is 95.6 cm³/mol. The van der Waals surface area contributed by atoms with Crippen LogP contribution in [-0.2, 0) is 7.05 Å². The van der Waals surface area contributed by atoms with Gasteiger partial charge in [0.25, 0.3) is 0 Å². The third-order valence-corrected chi connectivity index (χ3v) is 4.00. The fourth-order valence-electron chi connectivity index (χ4n) is 2.82. The summed E-state index contributed by atoms with van der Waals surface area (Å²) >= 11 is 0. The number of nitrogens with one attached hydrogen (secondary N) is 2. The second kappa shape index (κ2) is 7.71. The quantitative estimate of drug-likeness (QED) is 0.873. The Bertz CT molecular complexity index is 820. The number of aryl methyl sites for hydroxylation is 2. The summed E-state index contributed by atoms with van der Waals surface area (Å²) in [7, 11) is 1.88. The van der Waals surface area contributed by atoms with Gasteiger partial charge in [-0.15, -0.1) is 0 Å². The summed E-state index contributed by atoms with van der Waals surface area (Å²) in [5.74, 6) is 0.526. The average molecular weight is 341 g/mol. The van der Waals surface area contributed by atoms with Crippen molar-refractivity contribution in [2.45, 2.75) is 33.7 Å². The van der Waals surface area contributed by atoms with Crippen LogP contribution < -0.4 is 15.4 Å². The molecule has 132 valence electrons. The Morgan fingerprint density at radius 3 is 2.72 bits per heavy atom. The van der Waals surface area contributed by atoms with E-state index in [9.17, 15) is 4.79 Å². The first kappa shape index (κ1) is 18.3. The van der Waals surface area contributed by atoms with Gasteiger partial charge in [-0.05, 0) is 45.9 Å². The SMILES string of the molecule is CCOc1ccc(C#N)cc1NC(=O)NC(C)c1c(C)nn(C)c1C. The van der Waals surface area contributed by atoms with Crippen molar-refractivity contribution in [3.8, 4) is 11.8 Å². The monoisotopic (exact) mass is 341 g/mol. The van der Waals surface area contributed by atoms with Crippen molar-refractivity contribution in [3.05, 3.63) is 40.7 Å². The van der Waals surface area contributed by atoms with Gasteiger partial charge in [-0.2, -0.15) is 10.4 Å². The van der Waals surface area contributed by atoms with Crippen LogP contribution in [0.15, 0.2) is 18.2 Å². The van der Waals surface area contributed by atoms with E-state index in [1.807, 2.05) is 34.7 Å². The van der Waals surface area contributed by atoms with Crippen LogP contribution in [0.5, 0.6) is 5.75 Å². The van der Waals surface area contributed by atoms with E-state index in [1.54, 1.807) is 22.9 Å². The van der Waals surface area contributed by atoms with E-state index < -0.39 is 0 Å². The summed E-state index contributed by atoms with van der Waals surface area (Å²) < 4.78 is 7.30. The molecule has 25 heavy (non-hydrogen) atoms. The minimum absolute atomic E-state index is 0.205. The molecule has 0 aliphatic carbocycles. The molecular weight excluding hydrogens is 318 g/mol. The van der Waals surface area contributed by atoms with Crippen molar-refractivity contribution in [3.63, 3.8) is 0 Å². The van der Waals surface area contributed by atoms with E-state index in [-0.39, 0.29) is 12.1 Å². The molecule has 0 fully saturated rings. The summed E-state index contributed by atoms with van der Waals surface area (Å²) in [5, 5.41) is 19.1. The van der Waals surface area contributed by atoms with Crippen LogP contribution >= 0.6 is 0 Å². The van der Waals surface area contributed by atoms with Crippen LogP contribution in [0.2, 0.25) is 0 Å². The number of ether oxygens (including phenoxy) is 1. The van der Waals surface area contributed by atoms with E-state index in [0.29, 0.717) is 23.6 Å². The topological polar surface area (TPSA) is 92.0 Å². The van der Waals surface area contributed by atoms with E-state index >= 15 is 0 Å². The first-order valence-corrected chi connectivity index (χ1v) is 8.11.